The van der Waals surface area contributed by atoms with E-state index in [4.69, 9.17) is 4.74 Å². The molecule has 2 nitrogen and oxygen atoms in total. The molecule has 0 radical (unpaired) electrons. The van der Waals surface area contributed by atoms with Gasteiger partial charge in [-0.25, -0.2) is 0 Å². The lowest BCUT2D eigenvalue weighted by Gasteiger charge is -2.06. The van der Waals surface area contributed by atoms with Crippen LogP contribution in [-0.2, 0) is 4.74 Å². The van der Waals surface area contributed by atoms with Gasteiger partial charge in [-0.1, -0.05) is 12.2 Å². The highest BCUT2D eigenvalue weighted by Crippen LogP contribution is 2.18. The van der Waals surface area contributed by atoms with Crippen LogP contribution in [0, 0.1) is 5.92 Å². The van der Waals surface area contributed by atoms with Gasteiger partial charge in [0.2, 0.25) is 0 Å². The highest BCUT2D eigenvalue weighted by molar-refractivity contribution is 5.09. The lowest BCUT2D eigenvalue weighted by atomic mass is 10.1. The highest BCUT2D eigenvalue weighted by atomic mass is 16.5. The summed E-state index contributed by atoms with van der Waals surface area (Å²) in [6, 6.07) is 0. The fourth-order valence-corrected chi connectivity index (χ4v) is 1.02. The molecule has 1 unspecified atom stereocenters. The fourth-order valence-electron chi connectivity index (χ4n) is 1.02. The summed E-state index contributed by atoms with van der Waals surface area (Å²) in [6.45, 7) is 0. The van der Waals surface area contributed by atoms with Crippen LogP contribution in [0.25, 0.3) is 0 Å². The maximum atomic E-state index is 9.25. The van der Waals surface area contributed by atoms with Gasteiger partial charge >= 0.3 is 0 Å². The zero-order valence-electron chi connectivity index (χ0n) is 6.03. The van der Waals surface area contributed by atoms with E-state index in [1.807, 2.05) is 18.2 Å². The van der Waals surface area contributed by atoms with Crippen molar-refractivity contribution in [2.24, 2.45) is 5.92 Å². The molecule has 0 amide bonds. The summed E-state index contributed by atoms with van der Waals surface area (Å²) in [7, 11) is 1.60. The molecule has 0 aromatic carbocycles. The molecule has 0 fully saturated rings. The number of hydrogen-bond donors (Lipinski definition) is 1. The Bertz CT molecular complexity index is 149. The first-order valence-corrected chi connectivity index (χ1v) is 3.39. The molecule has 0 bridgehead atoms. The standard InChI is InChI=1S/C8H12O2/c1-10-6-5-7-3-2-4-8(7)9/h2-3,5-9H,4H2,1H3/t7-,8?/m0/s1. The minimum Gasteiger partial charge on any atom is -0.505 e. The molecule has 0 saturated carbocycles. The van der Waals surface area contributed by atoms with E-state index in [2.05, 4.69) is 0 Å². The lowest BCUT2D eigenvalue weighted by Crippen LogP contribution is -2.10. The first kappa shape index (κ1) is 7.35. The van der Waals surface area contributed by atoms with Gasteiger partial charge in [-0.2, -0.15) is 0 Å². The summed E-state index contributed by atoms with van der Waals surface area (Å²) in [5, 5.41) is 9.25. The smallest absolute Gasteiger partial charge is 0.0791 e. The molecule has 2 heteroatoms. The zero-order valence-corrected chi connectivity index (χ0v) is 6.03. The van der Waals surface area contributed by atoms with E-state index >= 15 is 0 Å². The molecule has 10 heavy (non-hydrogen) atoms. The van der Waals surface area contributed by atoms with Crippen molar-refractivity contribution < 1.29 is 9.84 Å². The third kappa shape index (κ3) is 1.61. The first-order chi connectivity index (χ1) is 4.84. The van der Waals surface area contributed by atoms with Gasteiger partial charge in [-0.15, -0.1) is 0 Å². The van der Waals surface area contributed by atoms with E-state index in [1.165, 1.54) is 0 Å². The predicted octanol–water partition coefficient (Wildman–Crippen LogP) is 1.08. The van der Waals surface area contributed by atoms with Crippen LogP contribution in [0.4, 0.5) is 0 Å². The molecule has 1 rings (SSSR count). The van der Waals surface area contributed by atoms with Crippen LogP contribution < -0.4 is 0 Å². The number of hydrogen-bond acceptors (Lipinski definition) is 2. The van der Waals surface area contributed by atoms with E-state index in [0.717, 1.165) is 6.42 Å². The molecular formula is C8H12O2. The molecule has 0 aromatic rings. The van der Waals surface area contributed by atoms with Crippen LogP contribution >= 0.6 is 0 Å². The van der Waals surface area contributed by atoms with E-state index in [-0.39, 0.29) is 12.0 Å². The molecule has 2 atom stereocenters. The molecular weight excluding hydrogens is 128 g/mol. The normalized spacial score (nSPS) is 31.8. The minimum absolute atomic E-state index is 0.153. The van der Waals surface area contributed by atoms with Gasteiger partial charge in [-0.3, -0.25) is 0 Å². The van der Waals surface area contributed by atoms with Gasteiger partial charge in [0.1, 0.15) is 0 Å². The van der Waals surface area contributed by atoms with Crippen molar-refractivity contribution >= 4 is 0 Å². The van der Waals surface area contributed by atoms with Crippen molar-refractivity contribution in [3.63, 3.8) is 0 Å². The third-order valence-electron chi connectivity index (χ3n) is 1.62. The van der Waals surface area contributed by atoms with E-state index < -0.39 is 0 Å². The molecule has 1 aliphatic rings. The highest BCUT2D eigenvalue weighted by Gasteiger charge is 2.16. The zero-order chi connectivity index (χ0) is 7.40. The minimum atomic E-state index is -0.244. The second kappa shape index (κ2) is 3.42. The number of ether oxygens (including phenoxy) is 1. The Morgan fingerprint density at radius 2 is 2.50 bits per heavy atom. The van der Waals surface area contributed by atoms with Crippen molar-refractivity contribution in [3.8, 4) is 0 Å². The Hall–Kier alpha value is -0.760. The molecule has 1 N–H and O–H groups in total. The van der Waals surface area contributed by atoms with E-state index in [0.29, 0.717) is 0 Å². The Kier molecular flexibility index (Phi) is 2.51. The van der Waals surface area contributed by atoms with Gasteiger partial charge in [0, 0.05) is 5.92 Å². The lowest BCUT2D eigenvalue weighted by molar-refractivity contribution is 0.160. The molecule has 56 valence electrons. The molecule has 0 saturated heterocycles. The number of rotatable bonds is 2. The van der Waals surface area contributed by atoms with Crippen LogP contribution in [0.5, 0.6) is 0 Å². The van der Waals surface area contributed by atoms with Crippen molar-refractivity contribution in [3.05, 3.63) is 24.5 Å². The summed E-state index contributed by atoms with van der Waals surface area (Å²) in [4.78, 5) is 0. The van der Waals surface area contributed by atoms with Gasteiger partial charge in [0.15, 0.2) is 0 Å². The average molecular weight is 140 g/mol. The Labute approximate surface area is 60.8 Å². The second-order valence-electron chi connectivity index (χ2n) is 2.37. The molecule has 0 aliphatic heterocycles. The summed E-state index contributed by atoms with van der Waals surface area (Å²) in [5.74, 6) is 0.153. The maximum absolute atomic E-state index is 9.25. The summed E-state index contributed by atoms with van der Waals surface area (Å²) in [5.41, 5.74) is 0. The molecule has 0 spiro atoms. The number of methoxy groups -OCH3 is 1. The topological polar surface area (TPSA) is 29.5 Å². The van der Waals surface area contributed by atoms with Crippen LogP contribution in [0.2, 0.25) is 0 Å². The van der Waals surface area contributed by atoms with Crippen LogP contribution in [0.3, 0.4) is 0 Å². The monoisotopic (exact) mass is 140 g/mol. The summed E-state index contributed by atoms with van der Waals surface area (Å²) >= 11 is 0. The summed E-state index contributed by atoms with van der Waals surface area (Å²) < 4.78 is 4.73. The van der Waals surface area contributed by atoms with Crippen molar-refractivity contribution in [2.45, 2.75) is 12.5 Å². The van der Waals surface area contributed by atoms with Crippen molar-refractivity contribution in [1.29, 1.82) is 0 Å². The van der Waals surface area contributed by atoms with Crippen molar-refractivity contribution in [2.75, 3.05) is 7.11 Å². The maximum Gasteiger partial charge on any atom is 0.0791 e. The Morgan fingerprint density at radius 3 is 3.00 bits per heavy atom. The SMILES string of the molecule is COC=C[C@@H]1C=CCC1O. The van der Waals surface area contributed by atoms with Gasteiger partial charge in [0.05, 0.1) is 19.5 Å². The van der Waals surface area contributed by atoms with Gasteiger partial charge in [-0.05, 0) is 12.5 Å². The summed E-state index contributed by atoms with van der Waals surface area (Å²) in [6.07, 6.45) is 7.94. The second-order valence-corrected chi connectivity index (χ2v) is 2.37. The first-order valence-electron chi connectivity index (χ1n) is 3.39. The van der Waals surface area contributed by atoms with Crippen molar-refractivity contribution in [1.82, 2.24) is 0 Å². The van der Waals surface area contributed by atoms with Crippen LogP contribution in [0.15, 0.2) is 24.5 Å². The Morgan fingerprint density at radius 1 is 1.70 bits per heavy atom. The average Bonchev–Trinajstić information content (AvgIpc) is 2.31. The number of aliphatic hydroxyl groups excluding tert-OH is 1. The predicted molar refractivity (Wildman–Crippen MR) is 39.4 cm³/mol. The van der Waals surface area contributed by atoms with Gasteiger partial charge in [0.25, 0.3) is 0 Å². The molecule has 0 aromatic heterocycles. The van der Waals surface area contributed by atoms with E-state index in [1.54, 1.807) is 13.4 Å². The number of aliphatic hydroxyl groups is 1. The quantitative estimate of drug-likeness (QED) is 0.459. The van der Waals surface area contributed by atoms with Gasteiger partial charge < -0.3 is 9.84 Å². The molecule has 0 heterocycles. The largest absolute Gasteiger partial charge is 0.505 e. The Balaban J connectivity index is 2.40. The van der Waals surface area contributed by atoms with Crippen LogP contribution in [0.1, 0.15) is 6.42 Å². The third-order valence-corrected chi connectivity index (χ3v) is 1.62. The van der Waals surface area contributed by atoms with E-state index in [9.17, 15) is 5.11 Å². The molecule has 1 aliphatic carbocycles. The fraction of sp³-hybridized carbons (Fsp3) is 0.500. The van der Waals surface area contributed by atoms with Crippen LogP contribution in [-0.4, -0.2) is 18.3 Å².